The van der Waals surface area contributed by atoms with Gasteiger partial charge < -0.3 is 24.8 Å². The number of fused-ring (bicyclic) bond motifs is 1. The topological polar surface area (TPSA) is 118 Å². The van der Waals surface area contributed by atoms with Crippen LogP contribution in [0.1, 0.15) is 67.3 Å². The standard InChI is InChI=1S/C28H36N8O3/c1-34(2)26(37)22-14-19-15-30-24(33-25(19)36(22)20-6-3-4-7-20)17-32-23-9-8-21(16-31-23)35-18-28(39-27(35)38)10-5-12-29-13-11-28/h8-9,14-16,20,29H,3-7,10-13,17-18H2,1-2H3,(H,31,32). The van der Waals surface area contributed by atoms with E-state index < -0.39 is 5.60 Å². The zero-order valence-corrected chi connectivity index (χ0v) is 22.7. The fourth-order valence-corrected chi connectivity index (χ4v) is 6.06. The lowest BCUT2D eigenvalue weighted by Gasteiger charge is -2.24. The van der Waals surface area contributed by atoms with Crippen LogP contribution in [0.5, 0.6) is 0 Å². The summed E-state index contributed by atoms with van der Waals surface area (Å²) in [6.45, 7) is 2.75. The smallest absolute Gasteiger partial charge is 0.415 e. The Balaban J connectivity index is 1.17. The van der Waals surface area contributed by atoms with Crippen molar-refractivity contribution < 1.29 is 14.3 Å². The molecule has 3 fully saturated rings. The quantitative estimate of drug-likeness (QED) is 0.493. The van der Waals surface area contributed by atoms with Crippen molar-refractivity contribution in [3.8, 4) is 0 Å². The van der Waals surface area contributed by atoms with Crippen LogP contribution >= 0.6 is 0 Å². The summed E-state index contributed by atoms with van der Waals surface area (Å²) >= 11 is 0. The summed E-state index contributed by atoms with van der Waals surface area (Å²) in [5, 5.41) is 7.55. The first kappa shape index (κ1) is 25.5. The molecule has 2 aliphatic heterocycles. The summed E-state index contributed by atoms with van der Waals surface area (Å²) in [7, 11) is 3.55. The molecule has 1 saturated carbocycles. The average Bonchev–Trinajstić information content (AvgIpc) is 3.62. The second kappa shape index (κ2) is 10.4. The van der Waals surface area contributed by atoms with Crippen molar-refractivity contribution >= 4 is 34.5 Å². The number of amides is 2. The van der Waals surface area contributed by atoms with Crippen LogP contribution < -0.4 is 15.5 Å². The van der Waals surface area contributed by atoms with E-state index in [2.05, 4.69) is 25.2 Å². The number of pyridine rings is 1. The number of rotatable bonds is 6. The molecule has 206 valence electrons. The molecule has 39 heavy (non-hydrogen) atoms. The highest BCUT2D eigenvalue weighted by Crippen LogP contribution is 2.36. The number of aromatic nitrogens is 4. The Morgan fingerprint density at radius 2 is 2.00 bits per heavy atom. The third-order valence-electron chi connectivity index (χ3n) is 8.14. The number of carbonyl (C=O) groups is 2. The molecule has 3 aromatic rings. The fourth-order valence-electron chi connectivity index (χ4n) is 6.06. The number of ether oxygens (including phenoxy) is 1. The molecule has 1 unspecified atom stereocenters. The van der Waals surface area contributed by atoms with E-state index in [1.165, 1.54) is 0 Å². The monoisotopic (exact) mass is 532 g/mol. The highest BCUT2D eigenvalue weighted by molar-refractivity contribution is 5.97. The Morgan fingerprint density at radius 3 is 2.77 bits per heavy atom. The van der Waals surface area contributed by atoms with Crippen LogP contribution in [0.2, 0.25) is 0 Å². The van der Waals surface area contributed by atoms with Gasteiger partial charge in [0.25, 0.3) is 5.91 Å². The van der Waals surface area contributed by atoms with Crippen LogP contribution in [0, 0.1) is 0 Å². The highest BCUT2D eigenvalue weighted by Gasteiger charge is 2.45. The minimum absolute atomic E-state index is 0.0209. The number of nitrogens with one attached hydrogen (secondary N) is 2. The summed E-state index contributed by atoms with van der Waals surface area (Å²) in [6, 6.07) is 5.93. The second-order valence-corrected chi connectivity index (χ2v) is 11.1. The van der Waals surface area contributed by atoms with E-state index >= 15 is 0 Å². The minimum atomic E-state index is -0.416. The maximum absolute atomic E-state index is 12.9. The van der Waals surface area contributed by atoms with Crippen LogP contribution in [0.15, 0.2) is 30.6 Å². The van der Waals surface area contributed by atoms with Crippen molar-refractivity contribution in [3.05, 3.63) is 42.1 Å². The largest absolute Gasteiger partial charge is 0.441 e. The van der Waals surface area contributed by atoms with Gasteiger partial charge in [0.2, 0.25) is 0 Å². The maximum atomic E-state index is 12.9. The molecule has 3 aliphatic rings. The first-order chi connectivity index (χ1) is 18.9. The first-order valence-electron chi connectivity index (χ1n) is 13.9. The first-order valence-corrected chi connectivity index (χ1v) is 13.9. The van der Waals surface area contributed by atoms with Gasteiger partial charge in [-0.25, -0.2) is 19.7 Å². The third kappa shape index (κ3) is 5.03. The molecule has 0 bridgehead atoms. The second-order valence-electron chi connectivity index (χ2n) is 11.1. The lowest BCUT2D eigenvalue weighted by Crippen LogP contribution is -2.35. The van der Waals surface area contributed by atoms with Crippen LogP contribution in [-0.4, -0.2) is 75.8 Å². The van der Waals surface area contributed by atoms with Crippen LogP contribution in [0.3, 0.4) is 0 Å². The molecular weight excluding hydrogens is 496 g/mol. The van der Waals surface area contributed by atoms with Gasteiger partial charge in [0, 0.05) is 38.1 Å². The van der Waals surface area contributed by atoms with Crippen LogP contribution in [0.4, 0.5) is 16.3 Å². The van der Waals surface area contributed by atoms with Crippen LogP contribution in [0.25, 0.3) is 11.0 Å². The van der Waals surface area contributed by atoms with E-state index in [1.807, 2.05) is 18.2 Å². The lowest BCUT2D eigenvalue weighted by molar-refractivity contribution is 0.0470. The Morgan fingerprint density at radius 1 is 1.15 bits per heavy atom. The molecule has 3 aromatic heterocycles. The molecule has 11 nitrogen and oxygen atoms in total. The molecule has 11 heteroatoms. The molecular formula is C28H36N8O3. The van der Waals surface area contributed by atoms with Crippen molar-refractivity contribution in [2.45, 2.75) is 63.1 Å². The van der Waals surface area contributed by atoms with E-state index in [1.54, 1.807) is 36.3 Å². The molecule has 2 N–H and O–H groups in total. The minimum Gasteiger partial charge on any atom is -0.441 e. The molecule has 2 amide bonds. The summed E-state index contributed by atoms with van der Waals surface area (Å²) in [5.41, 5.74) is 1.78. The molecule has 2 saturated heterocycles. The molecule has 0 radical (unpaired) electrons. The van der Waals surface area contributed by atoms with Crippen molar-refractivity contribution in [1.82, 2.24) is 29.7 Å². The van der Waals surface area contributed by atoms with Gasteiger partial charge in [-0.05, 0) is 57.0 Å². The number of anilines is 2. The predicted octanol–water partition coefficient (Wildman–Crippen LogP) is 3.72. The molecule has 1 aliphatic carbocycles. The van der Waals surface area contributed by atoms with Gasteiger partial charge in [-0.2, -0.15) is 0 Å². The van der Waals surface area contributed by atoms with E-state index in [0.717, 1.165) is 74.8 Å². The van der Waals surface area contributed by atoms with E-state index in [-0.39, 0.29) is 18.0 Å². The number of nitrogens with zero attached hydrogens (tertiary/aromatic N) is 6. The molecule has 1 spiro atoms. The predicted molar refractivity (Wildman–Crippen MR) is 148 cm³/mol. The average molecular weight is 533 g/mol. The van der Waals surface area contributed by atoms with Gasteiger partial charge in [0.15, 0.2) is 0 Å². The van der Waals surface area contributed by atoms with Crippen molar-refractivity contribution in [1.29, 1.82) is 0 Å². The summed E-state index contributed by atoms with van der Waals surface area (Å²) in [5.74, 6) is 1.27. The van der Waals surface area contributed by atoms with Crippen molar-refractivity contribution in [2.75, 3.05) is 43.9 Å². The van der Waals surface area contributed by atoms with Gasteiger partial charge in [-0.1, -0.05) is 12.8 Å². The van der Waals surface area contributed by atoms with Crippen molar-refractivity contribution in [3.63, 3.8) is 0 Å². The van der Waals surface area contributed by atoms with E-state index in [4.69, 9.17) is 9.72 Å². The third-order valence-corrected chi connectivity index (χ3v) is 8.14. The summed E-state index contributed by atoms with van der Waals surface area (Å²) in [4.78, 5) is 42.8. The Kier molecular flexibility index (Phi) is 6.84. The summed E-state index contributed by atoms with van der Waals surface area (Å²) in [6.07, 6.45) is 10.3. The fraction of sp³-hybridized carbons (Fsp3) is 0.536. The molecule has 1 atom stereocenters. The number of hydrogen-bond donors (Lipinski definition) is 2. The SMILES string of the molecule is CN(C)C(=O)c1cc2cnc(CNc3ccc(N4CC5(CCCNCC5)OC4=O)cn3)nc2n1C1CCCC1. The van der Waals surface area contributed by atoms with Gasteiger partial charge in [-0.15, -0.1) is 0 Å². The van der Waals surface area contributed by atoms with Gasteiger partial charge in [-0.3, -0.25) is 9.69 Å². The highest BCUT2D eigenvalue weighted by atomic mass is 16.6. The van der Waals surface area contributed by atoms with E-state index in [0.29, 0.717) is 30.4 Å². The number of hydrogen-bond acceptors (Lipinski definition) is 8. The normalized spacial score (nSPS) is 21.9. The van der Waals surface area contributed by atoms with Gasteiger partial charge in [0.1, 0.15) is 28.6 Å². The lowest BCUT2D eigenvalue weighted by atomic mass is 9.95. The molecule has 0 aromatic carbocycles. The van der Waals surface area contributed by atoms with Gasteiger partial charge >= 0.3 is 6.09 Å². The van der Waals surface area contributed by atoms with Crippen LogP contribution in [-0.2, 0) is 11.3 Å². The van der Waals surface area contributed by atoms with E-state index in [9.17, 15) is 9.59 Å². The van der Waals surface area contributed by atoms with Gasteiger partial charge in [0.05, 0.1) is 25.0 Å². The molecule has 5 heterocycles. The Bertz CT molecular complexity index is 1360. The summed E-state index contributed by atoms with van der Waals surface area (Å²) < 4.78 is 7.96. The Hall–Kier alpha value is -3.73. The Labute approximate surface area is 227 Å². The van der Waals surface area contributed by atoms with Crippen molar-refractivity contribution in [2.24, 2.45) is 0 Å². The maximum Gasteiger partial charge on any atom is 0.415 e. The number of carbonyl (C=O) groups excluding carboxylic acids is 2. The zero-order valence-electron chi connectivity index (χ0n) is 22.7. The molecule has 6 rings (SSSR count). The zero-order chi connectivity index (χ0) is 27.0.